The van der Waals surface area contributed by atoms with Gasteiger partial charge in [0.1, 0.15) is 0 Å². The van der Waals surface area contributed by atoms with Crippen LogP contribution in [0.15, 0.2) is 24.3 Å². The Balaban J connectivity index is 1.73. The van der Waals surface area contributed by atoms with Crippen LogP contribution in [-0.2, 0) is 6.54 Å². The molecule has 1 aliphatic carbocycles. The highest BCUT2D eigenvalue weighted by atomic mass is 35.5. The van der Waals surface area contributed by atoms with Crippen LogP contribution < -0.4 is 10.6 Å². The number of halogens is 1. The average molecular weight is 253 g/mol. The van der Waals surface area contributed by atoms with E-state index < -0.39 is 0 Å². The Kier molecular flexibility index (Phi) is 3.89. The molecule has 1 unspecified atom stereocenters. The smallest absolute Gasteiger partial charge is 0.315 e. The fraction of sp³-hybridized carbons (Fsp3) is 0.462. The highest BCUT2D eigenvalue weighted by Gasteiger charge is 2.28. The standard InChI is InChI=1S/C13H17ClN2O/c1-9(11-4-5-11)16-13(17)15-8-10-2-6-12(14)7-3-10/h2-3,6-7,9,11H,4-5,8H2,1H3,(H2,15,16,17). The molecule has 4 heteroatoms. The highest BCUT2D eigenvalue weighted by Crippen LogP contribution is 2.32. The second-order valence-electron chi connectivity index (χ2n) is 4.58. The first-order valence-electron chi connectivity index (χ1n) is 5.94. The number of amides is 2. The first-order chi connectivity index (χ1) is 8.15. The van der Waals surface area contributed by atoms with Crippen LogP contribution in [0.1, 0.15) is 25.3 Å². The average Bonchev–Trinajstić information content (AvgIpc) is 3.12. The molecule has 2 amide bonds. The third-order valence-corrected chi connectivity index (χ3v) is 3.31. The maximum atomic E-state index is 11.6. The zero-order chi connectivity index (χ0) is 12.3. The number of urea groups is 1. The van der Waals surface area contributed by atoms with Gasteiger partial charge in [-0.1, -0.05) is 23.7 Å². The van der Waals surface area contributed by atoms with Gasteiger partial charge in [-0.15, -0.1) is 0 Å². The monoisotopic (exact) mass is 252 g/mol. The maximum Gasteiger partial charge on any atom is 0.315 e. The van der Waals surface area contributed by atoms with E-state index in [0.717, 1.165) is 5.56 Å². The van der Waals surface area contributed by atoms with Crippen molar-refractivity contribution in [3.8, 4) is 0 Å². The normalized spacial score (nSPS) is 16.4. The Morgan fingerprint density at radius 1 is 1.41 bits per heavy atom. The van der Waals surface area contributed by atoms with Crippen LogP contribution in [0.2, 0.25) is 5.02 Å². The minimum absolute atomic E-state index is 0.0978. The number of carbonyl (C=O) groups is 1. The van der Waals surface area contributed by atoms with Gasteiger partial charge in [0.25, 0.3) is 0 Å². The van der Waals surface area contributed by atoms with Crippen molar-refractivity contribution in [1.82, 2.24) is 10.6 Å². The third-order valence-electron chi connectivity index (χ3n) is 3.05. The Bertz CT molecular complexity index is 387. The minimum Gasteiger partial charge on any atom is -0.335 e. The van der Waals surface area contributed by atoms with Gasteiger partial charge < -0.3 is 10.6 Å². The van der Waals surface area contributed by atoms with Gasteiger partial charge in [-0.2, -0.15) is 0 Å². The molecule has 92 valence electrons. The number of hydrogen-bond acceptors (Lipinski definition) is 1. The molecule has 0 bridgehead atoms. The van der Waals surface area contributed by atoms with Crippen LogP contribution in [0.25, 0.3) is 0 Å². The summed E-state index contributed by atoms with van der Waals surface area (Å²) in [4.78, 5) is 11.6. The van der Waals surface area contributed by atoms with Crippen molar-refractivity contribution < 1.29 is 4.79 Å². The Morgan fingerprint density at radius 2 is 2.06 bits per heavy atom. The van der Waals surface area contributed by atoms with Crippen molar-refractivity contribution in [3.63, 3.8) is 0 Å². The van der Waals surface area contributed by atoms with Gasteiger partial charge in [-0.05, 0) is 43.4 Å². The molecule has 3 nitrogen and oxygen atoms in total. The summed E-state index contributed by atoms with van der Waals surface area (Å²) in [5.74, 6) is 0.677. The summed E-state index contributed by atoms with van der Waals surface area (Å²) in [5, 5.41) is 6.50. The summed E-state index contributed by atoms with van der Waals surface area (Å²) in [7, 11) is 0. The molecule has 0 radical (unpaired) electrons. The van der Waals surface area contributed by atoms with Crippen LogP contribution in [0, 0.1) is 5.92 Å². The molecule has 0 heterocycles. The van der Waals surface area contributed by atoms with Crippen molar-refractivity contribution in [1.29, 1.82) is 0 Å². The summed E-state index contributed by atoms with van der Waals surface area (Å²) < 4.78 is 0. The van der Waals surface area contributed by atoms with E-state index in [1.165, 1.54) is 12.8 Å². The van der Waals surface area contributed by atoms with Crippen LogP contribution >= 0.6 is 11.6 Å². The van der Waals surface area contributed by atoms with Crippen molar-refractivity contribution in [2.45, 2.75) is 32.4 Å². The molecule has 1 aromatic carbocycles. The van der Waals surface area contributed by atoms with Crippen LogP contribution in [0.3, 0.4) is 0 Å². The summed E-state index contributed by atoms with van der Waals surface area (Å²) in [6, 6.07) is 7.64. The molecule has 1 aliphatic rings. The van der Waals surface area contributed by atoms with Crippen LogP contribution in [0.5, 0.6) is 0 Å². The fourth-order valence-corrected chi connectivity index (χ4v) is 1.88. The lowest BCUT2D eigenvalue weighted by Crippen LogP contribution is -2.41. The molecule has 0 saturated heterocycles. The first kappa shape index (κ1) is 12.2. The van der Waals surface area contributed by atoms with Crippen molar-refractivity contribution >= 4 is 17.6 Å². The van der Waals surface area contributed by atoms with Gasteiger partial charge in [-0.25, -0.2) is 4.79 Å². The first-order valence-corrected chi connectivity index (χ1v) is 6.32. The number of carbonyl (C=O) groups excluding carboxylic acids is 1. The summed E-state index contributed by atoms with van der Waals surface area (Å²) in [6.45, 7) is 2.58. The van der Waals surface area contributed by atoms with E-state index in [4.69, 9.17) is 11.6 Å². The zero-order valence-electron chi connectivity index (χ0n) is 9.87. The molecule has 1 aromatic rings. The van der Waals surface area contributed by atoms with E-state index in [1.54, 1.807) is 0 Å². The summed E-state index contributed by atoms with van der Waals surface area (Å²) in [5.41, 5.74) is 1.05. The maximum absolute atomic E-state index is 11.6. The summed E-state index contributed by atoms with van der Waals surface area (Å²) >= 11 is 5.79. The predicted octanol–water partition coefficient (Wildman–Crippen LogP) is 2.94. The van der Waals surface area contributed by atoms with E-state index in [1.807, 2.05) is 24.3 Å². The molecular formula is C13H17ClN2O. The van der Waals surface area contributed by atoms with E-state index in [-0.39, 0.29) is 12.1 Å². The molecule has 0 spiro atoms. The number of nitrogens with one attached hydrogen (secondary N) is 2. The molecule has 1 atom stereocenters. The second kappa shape index (κ2) is 5.41. The van der Waals surface area contributed by atoms with Gasteiger partial charge >= 0.3 is 6.03 Å². The third kappa shape index (κ3) is 3.93. The Hall–Kier alpha value is -1.22. The van der Waals surface area contributed by atoms with Crippen molar-refractivity contribution in [2.75, 3.05) is 0 Å². The molecular weight excluding hydrogens is 236 g/mol. The molecule has 17 heavy (non-hydrogen) atoms. The van der Waals surface area contributed by atoms with Crippen LogP contribution in [0.4, 0.5) is 4.79 Å². The Morgan fingerprint density at radius 3 is 2.65 bits per heavy atom. The zero-order valence-corrected chi connectivity index (χ0v) is 10.6. The van der Waals surface area contributed by atoms with E-state index >= 15 is 0 Å². The molecule has 1 saturated carbocycles. The topological polar surface area (TPSA) is 41.1 Å². The fourth-order valence-electron chi connectivity index (χ4n) is 1.76. The van der Waals surface area contributed by atoms with E-state index in [2.05, 4.69) is 17.6 Å². The van der Waals surface area contributed by atoms with E-state index in [0.29, 0.717) is 17.5 Å². The lowest BCUT2D eigenvalue weighted by molar-refractivity contribution is 0.236. The SMILES string of the molecule is CC(NC(=O)NCc1ccc(Cl)cc1)C1CC1. The lowest BCUT2D eigenvalue weighted by Gasteiger charge is -2.13. The highest BCUT2D eigenvalue weighted by molar-refractivity contribution is 6.30. The quantitative estimate of drug-likeness (QED) is 0.850. The van der Waals surface area contributed by atoms with E-state index in [9.17, 15) is 4.79 Å². The van der Waals surface area contributed by atoms with Gasteiger partial charge in [0.2, 0.25) is 0 Å². The van der Waals surface area contributed by atoms with Crippen LogP contribution in [-0.4, -0.2) is 12.1 Å². The number of rotatable bonds is 4. The molecule has 2 rings (SSSR count). The van der Waals surface area contributed by atoms with Crippen molar-refractivity contribution in [3.05, 3.63) is 34.9 Å². The van der Waals surface area contributed by atoms with Gasteiger partial charge in [0, 0.05) is 17.6 Å². The number of benzene rings is 1. The van der Waals surface area contributed by atoms with Gasteiger partial charge in [-0.3, -0.25) is 0 Å². The molecule has 0 aromatic heterocycles. The predicted molar refractivity (Wildman–Crippen MR) is 69.0 cm³/mol. The largest absolute Gasteiger partial charge is 0.335 e. The minimum atomic E-state index is -0.0978. The lowest BCUT2D eigenvalue weighted by atomic mass is 10.2. The molecule has 1 fully saturated rings. The van der Waals surface area contributed by atoms with Gasteiger partial charge in [0.05, 0.1) is 0 Å². The second-order valence-corrected chi connectivity index (χ2v) is 5.02. The number of hydrogen-bond donors (Lipinski definition) is 2. The summed E-state index contributed by atoms with van der Waals surface area (Å²) in [6.07, 6.45) is 2.47. The van der Waals surface area contributed by atoms with Crippen molar-refractivity contribution in [2.24, 2.45) is 5.92 Å². The van der Waals surface area contributed by atoms with Gasteiger partial charge in [0.15, 0.2) is 0 Å². The molecule has 0 aliphatic heterocycles. The Labute approximate surface area is 107 Å². The molecule has 2 N–H and O–H groups in total.